The molecule has 7 heteroatoms. The van der Waals surface area contributed by atoms with Gasteiger partial charge in [0.25, 0.3) is 0 Å². The molecule has 1 aromatic carbocycles. The Morgan fingerprint density at radius 3 is 2.67 bits per heavy atom. The van der Waals surface area contributed by atoms with E-state index in [1.807, 2.05) is 22.8 Å². The van der Waals surface area contributed by atoms with E-state index in [0.717, 1.165) is 11.3 Å². The largest absolute Gasteiger partial charge is 0.344 e. The van der Waals surface area contributed by atoms with Crippen molar-refractivity contribution in [2.75, 3.05) is 12.3 Å². The minimum absolute atomic E-state index is 0.141. The van der Waals surface area contributed by atoms with Gasteiger partial charge in [0.15, 0.2) is 11.0 Å². The lowest BCUT2D eigenvalue weighted by Gasteiger charge is -2.12. The number of nitrogens with zero attached hydrogens (tertiary/aromatic N) is 4. The Labute approximate surface area is 162 Å². The standard InChI is InChI=1S/C20H19N5OS/c1-4-9-22-18(26)13-27-20-24-23-19(16-7-10-21-11-8-16)25(20)17-6-5-14(2)15(3)12-17/h1,5-8,10-12H,9,13H2,2-3H3,(H,22,26). The molecule has 0 aliphatic heterocycles. The highest BCUT2D eigenvalue weighted by Gasteiger charge is 2.17. The van der Waals surface area contributed by atoms with Gasteiger partial charge < -0.3 is 5.32 Å². The number of carbonyl (C=O) groups excluding carboxylic acids is 1. The van der Waals surface area contributed by atoms with Crippen molar-refractivity contribution in [1.29, 1.82) is 0 Å². The Kier molecular flexibility index (Phi) is 5.89. The quantitative estimate of drug-likeness (QED) is 0.528. The van der Waals surface area contributed by atoms with E-state index in [1.165, 1.54) is 22.9 Å². The molecule has 0 bridgehead atoms. The van der Waals surface area contributed by atoms with E-state index in [4.69, 9.17) is 6.42 Å². The average Bonchev–Trinajstić information content (AvgIpc) is 3.11. The van der Waals surface area contributed by atoms with Crippen molar-refractivity contribution in [3.05, 3.63) is 53.9 Å². The summed E-state index contributed by atoms with van der Waals surface area (Å²) in [7, 11) is 0. The second-order valence-corrected chi connectivity index (χ2v) is 6.86. The molecule has 0 atom stereocenters. The lowest BCUT2D eigenvalue weighted by atomic mass is 10.1. The van der Waals surface area contributed by atoms with Crippen LogP contribution in [-0.4, -0.2) is 38.0 Å². The van der Waals surface area contributed by atoms with Gasteiger partial charge in [0, 0.05) is 18.0 Å². The van der Waals surface area contributed by atoms with Gasteiger partial charge in [-0.3, -0.25) is 14.3 Å². The maximum Gasteiger partial charge on any atom is 0.231 e. The molecule has 0 radical (unpaired) electrons. The molecule has 1 amide bonds. The number of aromatic nitrogens is 4. The Morgan fingerprint density at radius 1 is 1.19 bits per heavy atom. The molecule has 2 heterocycles. The lowest BCUT2D eigenvalue weighted by molar-refractivity contribution is -0.118. The number of benzene rings is 1. The van der Waals surface area contributed by atoms with Gasteiger partial charge in [0.2, 0.25) is 5.91 Å². The zero-order valence-electron chi connectivity index (χ0n) is 15.1. The molecule has 136 valence electrons. The summed E-state index contributed by atoms with van der Waals surface area (Å²) in [6.45, 7) is 4.35. The first-order valence-electron chi connectivity index (χ1n) is 8.36. The zero-order valence-corrected chi connectivity index (χ0v) is 16.0. The SMILES string of the molecule is C#CCNC(=O)CSc1nnc(-c2ccncc2)n1-c1ccc(C)c(C)c1. The van der Waals surface area contributed by atoms with Crippen molar-refractivity contribution in [3.63, 3.8) is 0 Å². The van der Waals surface area contributed by atoms with E-state index in [1.54, 1.807) is 12.4 Å². The highest BCUT2D eigenvalue weighted by Crippen LogP contribution is 2.28. The summed E-state index contributed by atoms with van der Waals surface area (Å²) in [5, 5.41) is 12.0. The summed E-state index contributed by atoms with van der Waals surface area (Å²) < 4.78 is 1.96. The Bertz CT molecular complexity index is 991. The highest BCUT2D eigenvalue weighted by molar-refractivity contribution is 7.99. The topological polar surface area (TPSA) is 72.7 Å². The molecular weight excluding hydrogens is 358 g/mol. The summed E-state index contributed by atoms with van der Waals surface area (Å²) in [5.74, 6) is 3.16. The maximum absolute atomic E-state index is 11.9. The predicted octanol–water partition coefficient (Wildman–Crippen LogP) is 2.79. The van der Waals surface area contributed by atoms with Crippen LogP contribution in [0.3, 0.4) is 0 Å². The molecular formula is C20H19N5OS. The van der Waals surface area contributed by atoms with Crippen molar-refractivity contribution in [3.8, 4) is 29.4 Å². The third-order valence-electron chi connectivity index (χ3n) is 4.04. The first-order chi connectivity index (χ1) is 13.1. The van der Waals surface area contributed by atoms with E-state index in [2.05, 4.69) is 52.4 Å². The highest BCUT2D eigenvalue weighted by atomic mass is 32.2. The zero-order chi connectivity index (χ0) is 19.2. The number of carbonyl (C=O) groups is 1. The van der Waals surface area contributed by atoms with Gasteiger partial charge >= 0.3 is 0 Å². The van der Waals surface area contributed by atoms with Crippen LogP contribution in [0.4, 0.5) is 0 Å². The number of pyridine rings is 1. The van der Waals surface area contributed by atoms with Gasteiger partial charge in [0.1, 0.15) is 0 Å². The molecule has 0 saturated heterocycles. The Morgan fingerprint density at radius 2 is 1.96 bits per heavy atom. The molecule has 0 unspecified atom stereocenters. The molecule has 1 N–H and O–H groups in total. The minimum Gasteiger partial charge on any atom is -0.344 e. The normalized spacial score (nSPS) is 10.4. The molecule has 3 aromatic rings. The fraction of sp³-hybridized carbons (Fsp3) is 0.200. The number of hydrogen-bond acceptors (Lipinski definition) is 5. The van der Waals surface area contributed by atoms with Crippen LogP contribution >= 0.6 is 11.8 Å². The molecule has 6 nitrogen and oxygen atoms in total. The molecule has 0 fully saturated rings. The van der Waals surface area contributed by atoms with Gasteiger partial charge in [-0.05, 0) is 49.2 Å². The van der Waals surface area contributed by atoms with Crippen LogP contribution in [0.25, 0.3) is 17.1 Å². The van der Waals surface area contributed by atoms with Crippen LogP contribution in [0.2, 0.25) is 0 Å². The number of aryl methyl sites for hydroxylation is 2. The van der Waals surface area contributed by atoms with E-state index in [-0.39, 0.29) is 18.2 Å². The van der Waals surface area contributed by atoms with Crippen molar-refractivity contribution in [2.24, 2.45) is 0 Å². The minimum atomic E-state index is -0.141. The average molecular weight is 377 g/mol. The Hall–Kier alpha value is -3.11. The first kappa shape index (κ1) is 18.7. The number of thioether (sulfide) groups is 1. The molecule has 27 heavy (non-hydrogen) atoms. The maximum atomic E-state index is 11.9. The number of nitrogens with one attached hydrogen (secondary N) is 1. The van der Waals surface area contributed by atoms with Crippen LogP contribution in [0.5, 0.6) is 0 Å². The summed E-state index contributed by atoms with van der Waals surface area (Å²) in [6.07, 6.45) is 8.61. The van der Waals surface area contributed by atoms with Crippen LogP contribution in [0.1, 0.15) is 11.1 Å². The Balaban J connectivity index is 1.99. The fourth-order valence-electron chi connectivity index (χ4n) is 2.48. The molecule has 2 aromatic heterocycles. The van der Waals surface area contributed by atoms with Gasteiger partial charge in [-0.2, -0.15) is 0 Å². The first-order valence-corrected chi connectivity index (χ1v) is 9.35. The summed E-state index contributed by atoms with van der Waals surface area (Å²) in [5.41, 5.74) is 4.23. The summed E-state index contributed by atoms with van der Waals surface area (Å²) in [6, 6.07) is 9.95. The van der Waals surface area contributed by atoms with Crippen molar-refractivity contribution < 1.29 is 4.79 Å². The number of hydrogen-bond donors (Lipinski definition) is 1. The molecule has 0 aliphatic rings. The monoisotopic (exact) mass is 377 g/mol. The lowest BCUT2D eigenvalue weighted by Crippen LogP contribution is -2.25. The number of amides is 1. The second-order valence-electron chi connectivity index (χ2n) is 5.92. The van der Waals surface area contributed by atoms with E-state index < -0.39 is 0 Å². The third-order valence-corrected chi connectivity index (χ3v) is 4.97. The van der Waals surface area contributed by atoms with Crippen molar-refractivity contribution in [1.82, 2.24) is 25.1 Å². The van der Waals surface area contributed by atoms with E-state index >= 15 is 0 Å². The summed E-state index contributed by atoms with van der Waals surface area (Å²) in [4.78, 5) is 16.0. The fourth-order valence-corrected chi connectivity index (χ4v) is 3.26. The van der Waals surface area contributed by atoms with Gasteiger partial charge in [-0.15, -0.1) is 16.6 Å². The van der Waals surface area contributed by atoms with E-state index in [9.17, 15) is 4.79 Å². The van der Waals surface area contributed by atoms with Crippen LogP contribution < -0.4 is 5.32 Å². The number of terminal acetylenes is 1. The number of rotatable bonds is 6. The summed E-state index contributed by atoms with van der Waals surface area (Å²) >= 11 is 1.32. The van der Waals surface area contributed by atoms with Crippen molar-refractivity contribution in [2.45, 2.75) is 19.0 Å². The molecule has 0 spiro atoms. The van der Waals surface area contributed by atoms with Crippen LogP contribution in [0.15, 0.2) is 47.9 Å². The molecule has 0 saturated carbocycles. The van der Waals surface area contributed by atoms with Gasteiger partial charge in [-0.1, -0.05) is 23.7 Å². The van der Waals surface area contributed by atoms with Gasteiger partial charge in [0.05, 0.1) is 18.0 Å². The third kappa shape index (κ3) is 4.36. The van der Waals surface area contributed by atoms with Crippen LogP contribution in [0, 0.1) is 26.2 Å². The smallest absolute Gasteiger partial charge is 0.231 e. The van der Waals surface area contributed by atoms with E-state index in [0.29, 0.717) is 11.0 Å². The molecule has 0 aliphatic carbocycles. The van der Waals surface area contributed by atoms with Crippen molar-refractivity contribution >= 4 is 17.7 Å². The predicted molar refractivity (Wildman–Crippen MR) is 107 cm³/mol. The second kappa shape index (κ2) is 8.52. The molecule has 3 rings (SSSR count). The van der Waals surface area contributed by atoms with Crippen LogP contribution in [-0.2, 0) is 4.79 Å². The van der Waals surface area contributed by atoms with Gasteiger partial charge in [-0.25, -0.2) is 0 Å².